The van der Waals surface area contributed by atoms with Crippen molar-refractivity contribution in [3.05, 3.63) is 35.8 Å². The van der Waals surface area contributed by atoms with E-state index in [1.807, 2.05) is 0 Å². The first-order valence-corrected chi connectivity index (χ1v) is 10.9. The van der Waals surface area contributed by atoms with Crippen molar-refractivity contribution in [1.82, 2.24) is 5.32 Å². The van der Waals surface area contributed by atoms with Crippen molar-refractivity contribution in [2.45, 2.75) is 90.0 Å². The highest BCUT2D eigenvalue weighted by atomic mass is 16.6. The van der Waals surface area contributed by atoms with Crippen LogP contribution in [0, 0.1) is 0 Å². The van der Waals surface area contributed by atoms with E-state index < -0.39 is 18.0 Å². The fraction of sp³-hybridized carbons (Fsp3) is 0.609. The van der Waals surface area contributed by atoms with Crippen LogP contribution in [0.1, 0.15) is 84.0 Å². The van der Waals surface area contributed by atoms with Gasteiger partial charge in [-0.05, 0) is 32.1 Å². The van der Waals surface area contributed by atoms with Gasteiger partial charge in [-0.3, -0.25) is 9.59 Å². The Morgan fingerprint density at radius 3 is 2.30 bits per heavy atom. The number of aliphatic carboxylic acids is 2. The van der Waals surface area contributed by atoms with Crippen molar-refractivity contribution in [3.8, 4) is 0 Å². The predicted molar refractivity (Wildman–Crippen MR) is 115 cm³/mol. The van der Waals surface area contributed by atoms with E-state index in [2.05, 4.69) is 36.5 Å². The van der Waals surface area contributed by atoms with E-state index in [9.17, 15) is 14.4 Å². The monoisotopic (exact) mass is 421 g/mol. The second kappa shape index (κ2) is 15.3. The summed E-state index contributed by atoms with van der Waals surface area (Å²) >= 11 is 0. The lowest BCUT2D eigenvalue weighted by Crippen LogP contribution is -2.41. The van der Waals surface area contributed by atoms with Crippen LogP contribution in [-0.4, -0.2) is 34.1 Å². The molecule has 1 atom stereocenters. The maximum Gasteiger partial charge on any atom is 0.326 e. The lowest BCUT2D eigenvalue weighted by atomic mass is 10.1. The number of hydrogen-bond donors (Lipinski definition) is 3. The molecular formula is C23H35NO6. The van der Waals surface area contributed by atoms with Gasteiger partial charge in [0.25, 0.3) is 0 Å². The maximum atomic E-state index is 11.8. The summed E-state index contributed by atoms with van der Waals surface area (Å²) in [5.74, 6) is -0.354. The predicted octanol–water partition coefficient (Wildman–Crippen LogP) is 4.70. The van der Waals surface area contributed by atoms with E-state index >= 15 is 0 Å². The zero-order chi connectivity index (χ0) is 22.2. The molecule has 7 nitrogen and oxygen atoms in total. The second-order valence-electron chi connectivity index (χ2n) is 7.38. The van der Waals surface area contributed by atoms with Crippen LogP contribution in [0.3, 0.4) is 0 Å². The standard InChI is InChI=1S/C23H35NO6/c1-2-19-20(30-19)14-12-10-8-6-4-3-5-7-9-11-13-15-21(25)24-18(23(28)29)16-17-22(26)27/h4,6,10,12,18H,2-3,5,7-9,11,13-17H2,1H3,(H,24,25)(H,26,27)(H,28,29)/t18-/m0/s1. The number of amides is 1. The third-order valence-corrected chi connectivity index (χ3v) is 4.80. The number of carbonyl (C=O) groups excluding carboxylic acids is 1. The first-order chi connectivity index (χ1) is 14.4. The van der Waals surface area contributed by atoms with Crippen LogP contribution < -0.4 is 5.32 Å². The maximum absolute atomic E-state index is 11.8. The molecule has 0 bridgehead atoms. The molecule has 1 aliphatic heterocycles. The van der Waals surface area contributed by atoms with Crippen LogP contribution in [0.5, 0.6) is 0 Å². The fourth-order valence-electron chi connectivity index (χ4n) is 3.00. The Morgan fingerprint density at radius 1 is 0.933 bits per heavy atom. The van der Waals surface area contributed by atoms with Crippen LogP contribution in [0.25, 0.3) is 0 Å². The number of hydrogen-bond acceptors (Lipinski definition) is 4. The molecule has 0 aromatic heterocycles. The van der Waals surface area contributed by atoms with Gasteiger partial charge in [0, 0.05) is 25.7 Å². The number of unbranched alkanes of at least 4 members (excludes halogenated alkanes) is 5. The van der Waals surface area contributed by atoms with Gasteiger partial charge in [0.15, 0.2) is 0 Å². The third kappa shape index (κ3) is 12.8. The normalized spacial score (nSPS) is 14.2. The first-order valence-electron chi connectivity index (χ1n) is 10.9. The van der Waals surface area contributed by atoms with Gasteiger partial charge >= 0.3 is 11.9 Å². The van der Waals surface area contributed by atoms with E-state index in [4.69, 9.17) is 14.9 Å². The molecule has 3 N–H and O–H groups in total. The lowest BCUT2D eigenvalue weighted by molar-refractivity contribution is -0.143. The number of carbonyl (C=O) groups is 3. The summed E-state index contributed by atoms with van der Waals surface area (Å²) < 4.78 is 5.32. The summed E-state index contributed by atoms with van der Waals surface area (Å²) in [4.78, 5) is 33.4. The van der Waals surface area contributed by atoms with Crippen molar-refractivity contribution < 1.29 is 29.3 Å². The van der Waals surface area contributed by atoms with Gasteiger partial charge in [0.05, 0.1) is 0 Å². The topological polar surface area (TPSA) is 116 Å². The fourth-order valence-corrected chi connectivity index (χ4v) is 3.00. The van der Waals surface area contributed by atoms with Crippen molar-refractivity contribution in [2.75, 3.05) is 0 Å². The summed E-state index contributed by atoms with van der Waals surface area (Å²) in [6.07, 6.45) is 17.3. The molecule has 0 spiro atoms. The number of allylic oxidation sites excluding steroid dienone is 5. The smallest absolute Gasteiger partial charge is 0.326 e. The molecule has 1 aliphatic rings. The summed E-state index contributed by atoms with van der Waals surface area (Å²) in [5.41, 5.74) is 0. The van der Waals surface area contributed by atoms with Crippen LogP contribution in [-0.2, 0) is 19.1 Å². The molecule has 0 saturated carbocycles. The van der Waals surface area contributed by atoms with E-state index in [0.29, 0.717) is 6.42 Å². The van der Waals surface area contributed by atoms with Gasteiger partial charge in [-0.25, -0.2) is 4.79 Å². The van der Waals surface area contributed by atoms with Crippen LogP contribution in [0.4, 0.5) is 0 Å². The van der Waals surface area contributed by atoms with Gasteiger partial charge in [0.2, 0.25) is 5.91 Å². The first kappa shape index (κ1) is 25.5. The minimum atomic E-state index is -1.20. The molecule has 0 aromatic carbocycles. The number of ether oxygens (including phenoxy) is 1. The molecule has 0 unspecified atom stereocenters. The molecule has 1 rings (SSSR count). The van der Waals surface area contributed by atoms with Gasteiger partial charge in [0.1, 0.15) is 17.6 Å². The zero-order valence-corrected chi connectivity index (χ0v) is 17.9. The number of carboxylic acid groups (broad SMARTS) is 2. The van der Waals surface area contributed by atoms with Crippen molar-refractivity contribution in [1.29, 1.82) is 0 Å². The highest BCUT2D eigenvalue weighted by Crippen LogP contribution is 2.31. The molecule has 0 fully saturated rings. The van der Waals surface area contributed by atoms with Crippen LogP contribution in [0.2, 0.25) is 0 Å². The quantitative estimate of drug-likeness (QED) is 0.218. The highest BCUT2D eigenvalue weighted by molar-refractivity contribution is 5.83. The molecule has 30 heavy (non-hydrogen) atoms. The Bertz CT molecular complexity index is 650. The summed E-state index contributed by atoms with van der Waals surface area (Å²) in [7, 11) is 0. The van der Waals surface area contributed by atoms with Crippen molar-refractivity contribution in [3.63, 3.8) is 0 Å². The Labute approximate surface area is 178 Å². The van der Waals surface area contributed by atoms with Gasteiger partial charge in [-0.1, -0.05) is 50.5 Å². The molecular weight excluding hydrogens is 386 g/mol. The van der Waals surface area contributed by atoms with Crippen LogP contribution >= 0.6 is 0 Å². The Kier molecular flexibility index (Phi) is 13.0. The Hall–Kier alpha value is -2.57. The van der Waals surface area contributed by atoms with Gasteiger partial charge < -0.3 is 20.3 Å². The summed E-state index contributed by atoms with van der Waals surface area (Å²) in [6.45, 7) is 2.09. The molecule has 0 radical (unpaired) electrons. The minimum absolute atomic E-state index is 0.105. The van der Waals surface area contributed by atoms with Crippen LogP contribution in [0.15, 0.2) is 35.8 Å². The molecule has 1 heterocycles. The zero-order valence-electron chi connectivity index (χ0n) is 17.9. The van der Waals surface area contributed by atoms with E-state index in [-0.39, 0.29) is 25.2 Å². The number of rotatable bonds is 18. The van der Waals surface area contributed by atoms with E-state index in [1.165, 1.54) is 0 Å². The largest absolute Gasteiger partial charge is 0.481 e. The second-order valence-corrected chi connectivity index (χ2v) is 7.38. The van der Waals surface area contributed by atoms with Gasteiger partial charge in [-0.15, -0.1) is 0 Å². The van der Waals surface area contributed by atoms with Gasteiger partial charge in [-0.2, -0.15) is 0 Å². The Morgan fingerprint density at radius 2 is 1.63 bits per heavy atom. The molecule has 7 heteroatoms. The molecule has 0 aromatic rings. The molecule has 168 valence electrons. The Balaban J connectivity index is 1.96. The average molecular weight is 422 g/mol. The summed E-state index contributed by atoms with van der Waals surface area (Å²) in [5, 5.41) is 20.0. The highest BCUT2D eigenvalue weighted by Gasteiger charge is 2.21. The van der Waals surface area contributed by atoms with E-state index in [1.54, 1.807) is 0 Å². The molecule has 1 amide bonds. The minimum Gasteiger partial charge on any atom is -0.481 e. The summed E-state index contributed by atoms with van der Waals surface area (Å²) in [6, 6.07) is -1.14. The van der Waals surface area contributed by atoms with Crippen molar-refractivity contribution >= 4 is 17.8 Å². The molecule has 0 aliphatic carbocycles. The lowest BCUT2D eigenvalue weighted by Gasteiger charge is -2.13. The number of carboxylic acids is 2. The third-order valence-electron chi connectivity index (χ3n) is 4.80. The van der Waals surface area contributed by atoms with E-state index in [0.717, 1.165) is 62.9 Å². The van der Waals surface area contributed by atoms with Crippen molar-refractivity contribution in [2.24, 2.45) is 0 Å². The average Bonchev–Trinajstić information content (AvgIpc) is 3.46. The number of nitrogens with one attached hydrogen (secondary N) is 1. The molecule has 0 saturated heterocycles. The SMILES string of the molecule is CCC1=C(CC=CCC=CCCCCCCCC(=O)N[C@@H](CCC(=O)O)C(=O)O)O1.